The average Bonchev–Trinajstić information content (AvgIpc) is 3.77. The molecule has 0 bridgehead atoms. The Hall–Kier alpha value is -4.71. The number of thiophene rings is 1. The number of carbonyl (C=O) groups excluding carboxylic acids is 3. The summed E-state index contributed by atoms with van der Waals surface area (Å²) in [5.74, 6) is -1.00. The van der Waals surface area contributed by atoms with Crippen LogP contribution >= 0.6 is 34.4 Å². The topological polar surface area (TPSA) is 103 Å². The van der Waals surface area contributed by atoms with E-state index in [0.29, 0.717) is 22.8 Å². The first-order chi connectivity index (χ1) is 22.3. The lowest BCUT2D eigenvalue weighted by Crippen LogP contribution is -2.30. The highest BCUT2D eigenvalue weighted by molar-refractivity contribution is 8.00. The fourth-order valence-electron chi connectivity index (χ4n) is 4.36. The summed E-state index contributed by atoms with van der Waals surface area (Å²) in [6.45, 7) is 1.96. The Morgan fingerprint density at radius 1 is 0.913 bits per heavy atom. The van der Waals surface area contributed by atoms with E-state index in [1.807, 2.05) is 97.3 Å². The van der Waals surface area contributed by atoms with E-state index in [1.54, 1.807) is 47.7 Å². The zero-order chi connectivity index (χ0) is 32.5. The summed E-state index contributed by atoms with van der Waals surface area (Å²) in [5.41, 5.74) is 3.69. The number of carbonyl (C=O) groups is 3. The second-order valence-electron chi connectivity index (χ2n) is 10.4. The van der Waals surface area contributed by atoms with E-state index < -0.39 is 11.8 Å². The first-order valence-corrected chi connectivity index (χ1v) is 17.2. The Morgan fingerprint density at radius 2 is 1.70 bits per heavy atom. The van der Waals surface area contributed by atoms with Crippen molar-refractivity contribution in [2.24, 2.45) is 0 Å². The van der Waals surface area contributed by atoms with E-state index >= 15 is 0 Å². The second kappa shape index (κ2) is 15.5. The molecule has 0 aliphatic carbocycles. The zero-order valence-corrected chi connectivity index (χ0v) is 28.0. The molecule has 0 aliphatic heterocycles. The van der Waals surface area contributed by atoms with Crippen molar-refractivity contribution < 1.29 is 14.4 Å². The molecule has 2 heterocycles. The minimum absolute atomic E-state index is 0.0979. The van der Waals surface area contributed by atoms with Gasteiger partial charge < -0.3 is 20.9 Å². The van der Waals surface area contributed by atoms with Crippen LogP contribution in [0.3, 0.4) is 0 Å². The summed E-state index contributed by atoms with van der Waals surface area (Å²) in [7, 11) is 3.91. The monoisotopic (exact) mass is 667 g/mol. The van der Waals surface area contributed by atoms with Gasteiger partial charge in [0.05, 0.1) is 15.8 Å². The molecule has 234 valence electrons. The number of nitrogens with zero attached hydrogens (tertiary/aromatic N) is 2. The van der Waals surface area contributed by atoms with E-state index in [4.69, 9.17) is 0 Å². The molecule has 3 amide bonds. The Bertz CT molecular complexity index is 1820. The fraction of sp³-hybridized carbons (Fsp3) is 0.143. The van der Waals surface area contributed by atoms with E-state index in [1.165, 1.54) is 23.1 Å². The smallest absolute Gasteiger partial charge is 0.272 e. The summed E-state index contributed by atoms with van der Waals surface area (Å²) >= 11 is 4.41. The van der Waals surface area contributed by atoms with Crippen molar-refractivity contribution in [3.05, 3.63) is 119 Å². The molecular formula is C35H33N5O3S3. The molecule has 0 fully saturated rings. The van der Waals surface area contributed by atoms with E-state index in [9.17, 15) is 14.4 Å². The molecule has 0 saturated heterocycles. The van der Waals surface area contributed by atoms with Crippen molar-refractivity contribution in [2.75, 3.05) is 29.6 Å². The normalized spacial score (nSPS) is 11.8. The van der Waals surface area contributed by atoms with E-state index in [0.717, 1.165) is 26.7 Å². The minimum Gasteiger partial charge on any atom is -0.378 e. The van der Waals surface area contributed by atoms with Crippen molar-refractivity contribution in [3.63, 3.8) is 0 Å². The Kier molecular flexibility index (Phi) is 11.0. The first-order valence-electron chi connectivity index (χ1n) is 14.5. The van der Waals surface area contributed by atoms with Crippen LogP contribution in [0.15, 0.2) is 112 Å². The number of benzene rings is 3. The molecule has 0 spiro atoms. The van der Waals surface area contributed by atoms with Gasteiger partial charge in [0, 0.05) is 41.3 Å². The van der Waals surface area contributed by atoms with Crippen LogP contribution in [0.2, 0.25) is 0 Å². The van der Waals surface area contributed by atoms with Gasteiger partial charge in [-0.05, 0) is 72.0 Å². The van der Waals surface area contributed by atoms with Crippen LogP contribution < -0.4 is 20.9 Å². The molecule has 11 heteroatoms. The largest absolute Gasteiger partial charge is 0.378 e. The van der Waals surface area contributed by atoms with Crippen molar-refractivity contribution in [3.8, 4) is 10.6 Å². The first kappa shape index (κ1) is 32.7. The minimum atomic E-state index is -0.474. The van der Waals surface area contributed by atoms with Gasteiger partial charge in [0.2, 0.25) is 5.91 Å². The van der Waals surface area contributed by atoms with Gasteiger partial charge >= 0.3 is 0 Å². The number of hydrogen-bond donors (Lipinski definition) is 3. The second-order valence-corrected chi connectivity index (χ2v) is 13.4. The van der Waals surface area contributed by atoms with Gasteiger partial charge in [-0.1, -0.05) is 49.4 Å². The number of anilines is 3. The molecule has 46 heavy (non-hydrogen) atoms. The zero-order valence-electron chi connectivity index (χ0n) is 25.5. The van der Waals surface area contributed by atoms with Crippen LogP contribution in [0.1, 0.15) is 29.3 Å². The third kappa shape index (κ3) is 8.72. The highest BCUT2D eigenvalue weighted by atomic mass is 32.2. The maximum Gasteiger partial charge on any atom is 0.272 e. The number of nitrogens with one attached hydrogen (secondary N) is 3. The van der Waals surface area contributed by atoms with Crippen LogP contribution in [0.25, 0.3) is 16.6 Å². The van der Waals surface area contributed by atoms with Crippen molar-refractivity contribution in [1.29, 1.82) is 0 Å². The standard InChI is InChI=1S/C35H33N5O3S3/c1-4-30(34(43)39-35-38-29(22-45-35)31-14-9-19-44-31)46-27-13-8-12-25(21-27)36-33(42)28(37-32(41)24-10-6-5-7-11-24)20-23-15-17-26(18-16-23)40(2)3/h5-22,30H,4H2,1-3H3,(H,36,42)(H,37,41)(H,38,39,43)/b28-20+. The highest BCUT2D eigenvalue weighted by Gasteiger charge is 2.21. The molecule has 5 rings (SSSR count). The Morgan fingerprint density at radius 3 is 2.39 bits per heavy atom. The lowest BCUT2D eigenvalue weighted by Gasteiger charge is -2.15. The molecule has 0 aliphatic rings. The Labute approximate surface area is 280 Å². The average molecular weight is 668 g/mol. The number of hydrogen-bond acceptors (Lipinski definition) is 8. The molecule has 8 nitrogen and oxygen atoms in total. The molecular weight excluding hydrogens is 635 g/mol. The van der Waals surface area contributed by atoms with Gasteiger partial charge in [0.1, 0.15) is 5.70 Å². The summed E-state index contributed by atoms with van der Waals surface area (Å²) in [6.07, 6.45) is 2.25. The van der Waals surface area contributed by atoms with Crippen LogP contribution in [-0.2, 0) is 9.59 Å². The number of aromatic nitrogens is 1. The molecule has 3 N–H and O–H groups in total. The quantitative estimate of drug-likeness (QED) is 0.0925. The molecule has 2 aromatic heterocycles. The van der Waals surface area contributed by atoms with E-state index in [2.05, 4.69) is 20.9 Å². The molecule has 0 radical (unpaired) electrons. The highest BCUT2D eigenvalue weighted by Crippen LogP contribution is 2.31. The third-order valence-electron chi connectivity index (χ3n) is 6.79. The van der Waals surface area contributed by atoms with Crippen molar-refractivity contribution in [1.82, 2.24) is 10.3 Å². The fourth-order valence-corrected chi connectivity index (χ4v) is 6.85. The van der Waals surface area contributed by atoms with Gasteiger partial charge in [-0.25, -0.2) is 4.98 Å². The molecule has 5 aromatic rings. The maximum atomic E-state index is 13.6. The van der Waals surface area contributed by atoms with Gasteiger partial charge in [0.25, 0.3) is 11.8 Å². The van der Waals surface area contributed by atoms with Crippen LogP contribution in [0, 0.1) is 0 Å². The lowest BCUT2D eigenvalue weighted by atomic mass is 10.1. The van der Waals surface area contributed by atoms with Gasteiger partial charge in [-0.15, -0.1) is 34.4 Å². The van der Waals surface area contributed by atoms with Crippen molar-refractivity contribution >= 4 is 74.7 Å². The number of thioether (sulfide) groups is 1. The lowest BCUT2D eigenvalue weighted by molar-refractivity contribution is -0.116. The van der Waals surface area contributed by atoms with Crippen LogP contribution in [0.4, 0.5) is 16.5 Å². The van der Waals surface area contributed by atoms with Gasteiger partial charge in [0.15, 0.2) is 5.13 Å². The molecule has 1 unspecified atom stereocenters. The predicted octanol–water partition coefficient (Wildman–Crippen LogP) is 7.86. The van der Waals surface area contributed by atoms with Crippen LogP contribution in [-0.4, -0.2) is 42.1 Å². The summed E-state index contributed by atoms with van der Waals surface area (Å²) in [5, 5.41) is 12.8. The maximum absolute atomic E-state index is 13.6. The molecule has 3 aromatic carbocycles. The molecule has 1 atom stereocenters. The number of thiazole rings is 1. The third-order valence-corrected chi connectivity index (χ3v) is 9.80. The van der Waals surface area contributed by atoms with E-state index in [-0.39, 0.29) is 16.9 Å². The van der Waals surface area contributed by atoms with Gasteiger partial charge in [-0.3, -0.25) is 14.4 Å². The molecule has 0 saturated carbocycles. The summed E-state index contributed by atoms with van der Waals surface area (Å²) in [4.78, 5) is 48.2. The number of rotatable bonds is 12. The SMILES string of the molecule is CCC(Sc1cccc(NC(=O)/C(=C\c2ccc(N(C)C)cc2)NC(=O)c2ccccc2)c1)C(=O)Nc1nc(-c2cccs2)cs1. The predicted molar refractivity (Wildman–Crippen MR) is 192 cm³/mol. The summed E-state index contributed by atoms with van der Waals surface area (Å²) in [6, 6.07) is 27.7. The Balaban J connectivity index is 1.29. The van der Waals surface area contributed by atoms with Crippen LogP contribution in [0.5, 0.6) is 0 Å². The van der Waals surface area contributed by atoms with Crippen molar-refractivity contribution in [2.45, 2.75) is 23.5 Å². The summed E-state index contributed by atoms with van der Waals surface area (Å²) < 4.78 is 0. The van der Waals surface area contributed by atoms with Gasteiger partial charge in [-0.2, -0.15) is 0 Å². The number of amides is 3.